The molecular weight excluding hydrogens is 210 g/mol. The molecule has 2 rings (SSSR count). The number of ether oxygens (including phenoxy) is 1. The molecule has 2 atom stereocenters. The Morgan fingerprint density at radius 2 is 1.94 bits per heavy atom. The first-order valence-corrected chi connectivity index (χ1v) is 6.62. The number of benzene rings is 1. The molecular formula is C15H23NO. The summed E-state index contributed by atoms with van der Waals surface area (Å²) in [5.74, 6) is 1.05. The van der Waals surface area contributed by atoms with Gasteiger partial charge in [0.05, 0.1) is 0 Å². The Morgan fingerprint density at radius 3 is 2.71 bits per heavy atom. The van der Waals surface area contributed by atoms with E-state index in [-0.39, 0.29) is 0 Å². The summed E-state index contributed by atoms with van der Waals surface area (Å²) in [4.78, 5) is 0. The van der Waals surface area contributed by atoms with Crippen molar-refractivity contribution in [2.24, 2.45) is 0 Å². The lowest BCUT2D eigenvalue weighted by molar-refractivity contribution is 0.117. The van der Waals surface area contributed by atoms with Crippen LogP contribution >= 0.6 is 0 Å². The van der Waals surface area contributed by atoms with Crippen LogP contribution in [0.4, 0.5) is 0 Å². The van der Waals surface area contributed by atoms with E-state index in [0.717, 1.165) is 5.75 Å². The first-order valence-electron chi connectivity index (χ1n) is 6.62. The minimum absolute atomic E-state index is 0.328. The quantitative estimate of drug-likeness (QED) is 0.865. The third-order valence-electron chi connectivity index (χ3n) is 3.91. The largest absolute Gasteiger partial charge is 0.489 e. The van der Waals surface area contributed by atoms with Crippen LogP contribution in [-0.4, -0.2) is 19.2 Å². The van der Waals surface area contributed by atoms with Crippen LogP contribution in [0.1, 0.15) is 36.8 Å². The van der Waals surface area contributed by atoms with Gasteiger partial charge in [0.25, 0.3) is 0 Å². The normalized spacial score (nSPS) is 24.6. The van der Waals surface area contributed by atoms with Crippen molar-refractivity contribution in [3.8, 4) is 5.75 Å². The molecule has 0 aliphatic heterocycles. The first kappa shape index (κ1) is 12.4. The van der Waals surface area contributed by atoms with Gasteiger partial charge < -0.3 is 10.1 Å². The average Bonchev–Trinajstić information content (AvgIpc) is 2.35. The summed E-state index contributed by atoms with van der Waals surface area (Å²) in [7, 11) is 2.04. The second-order valence-corrected chi connectivity index (χ2v) is 5.03. The van der Waals surface area contributed by atoms with Crippen molar-refractivity contribution < 1.29 is 4.74 Å². The molecule has 1 aliphatic carbocycles. The lowest BCUT2D eigenvalue weighted by Crippen LogP contribution is -2.43. The maximum Gasteiger partial charge on any atom is 0.122 e. The summed E-state index contributed by atoms with van der Waals surface area (Å²) < 4.78 is 6.21. The number of hydrogen-bond acceptors (Lipinski definition) is 2. The molecule has 1 N–H and O–H groups in total. The van der Waals surface area contributed by atoms with Crippen molar-refractivity contribution in [1.29, 1.82) is 0 Å². The van der Waals surface area contributed by atoms with E-state index in [1.54, 1.807) is 0 Å². The Bertz CT molecular complexity index is 375. The molecule has 2 nitrogen and oxygen atoms in total. The van der Waals surface area contributed by atoms with Gasteiger partial charge in [-0.2, -0.15) is 0 Å². The summed E-state index contributed by atoms with van der Waals surface area (Å²) in [6, 6.07) is 6.81. The number of likely N-dealkylation sites (N-methyl/N-ethyl adjacent to an activating group) is 1. The van der Waals surface area contributed by atoms with E-state index < -0.39 is 0 Å². The molecule has 0 saturated heterocycles. The van der Waals surface area contributed by atoms with Crippen LogP contribution in [0, 0.1) is 13.8 Å². The lowest BCUT2D eigenvalue weighted by Gasteiger charge is -2.32. The Morgan fingerprint density at radius 1 is 1.18 bits per heavy atom. The predicted octanol–water partition coefficient (Wildman–Crippen LogP) is 3.21. The Balaban J connectivity index is 2.11. The highest BCUT2D eigenvalue weighted by Gasteiger charge is 2.25. The fourth-order valence-electron chi connectivity index (χ4n) is 2.58. The molecule has 0 amide bonds. The second-order valence-electron chi connectivity index (χ2n) is 5.03. The number of hydrogen-bond donors (Lipinski definition) is 1. The van der Waals surface area contributed by atoms with Crippen molar-refractivity contribution >= 4 is 0 Å². The highest BCUT2D eigenvalue weighted by Crippen LogP contribution is 2.27. The molecule has 0 spiro atoms. The Hall–Kier alpha value is -1.02. The van der Waals surface area contributed by atoms with Gasteiger partial charge >= 0.3 is 0 Å². The molecule has 0 aromatic heterocycles. The summed E-state index contributed by atoms with van der Waals surface area (Å²) in [6.45, 7) is 4.28. The van der Waals surface area contributed by atoms with Crippen LogP contribution in [-0.2, 0) is 0 Å². The standard InChI is InChI=1S/C15H23NO/c1-11-7-6-10-14(12(11)2)17-15-9-5-4-8-13(15)16-3/h6-7,10,13,15-16H,4-5,8-9H2,1-3H3. The summed E-state index contributed by atoms with van der Waals surface area (Å²) in [5.41, 5.74) is 2.58. The van der Waals surface area contributed by atoms with Gasteiger partial charge in [-0.25, -0.2) is 0 Å². The molecule has 1 aliphatic rings. The molecule has 17 heavy (non-hydrogen) atoms. The van der Waals surface area contributed by atoms with Crippen LogP contribution in [0.2, 0.25) is 0 Å². The third kappa shape index (κ3) is 2.81. The second kappa shape index (κ2) is 5.54. The highest BCUT2D eigenvalue weighted by atomic mass is 16.5. The van der Waals surface area contributed by atoms with Gasteiger partial charge in [-0.3, -0.25) is 0 Å². The molecule has 0 radical (unpaired) electrons. The van der Waals surface area contributed by atoms with Gasteiger partial charge in [-0.15, -0.1) is 0 Å². The molecule has 2 unspecified atom stereocenters. The molecule has 1 fully saturated rings. The van der Waals surface area contributed by atoms with Crippen LogP contribution in [0.25, 0.3) is 0 Å². The van der Waals surface area contributed by atoms with Gasteiger partial charge in [0, 0.05) is 6.04 Å². The van der Waals surface area contributed by atoms with Crippen LogP contribution < -0.4 is 10.1 Å². The van der Waals surface area contributed by atoms with Gasteiger partial charge in [0.2, 0.25) is 0 Å². The van der Waals surface area contributed by atoms with E-state index in [2.05, 4.69) is 37.4 Å². The Kier molecular flexibility index (Phi) is 4.06. The number of rotatable bonds is 3. The number of aryl methyl sites for hydroxylation is 1. The van der Waals surface area contributed by atoms with E-state index in [4.69, 9.17) is 4.74 Å². The van der Waals surface area contributed by atoms with E-state index >= 15 is 0 Å². The highest BCUT2D eigenvalue weighted by molar-refractivity contribution is 5.38. The smallest absolute Gasteiger partial charge is 0.122 e. The van der Waals surface area contributed by atoms with Crippen molar-refractivity contribution in [2.45, 2.75) is 51.7 Å². The van der Waals surface area contributed by atoms with Crippen molar-refractivity contribution in [1.82, 2.24) is 5.32 Å². The molecule has 94 valence electrons. The van der Waals surface area contributed by atoms with Gasteiger partial charge in [0.15, 0.2) is 0 Å². The molecule has 1 aromatic rings. The van der Waals surface area contributed by atoms with E-state index in [1.807, 2.05) is 7.05 Å². The number of nitrogens with one attached hydrogen (secondary N) is 1. The molecule has 1 saturated carbocycles. The zero-order chi connectivity index (χ0) is 12.3. The zero-order valence-corrected chi connectivity index (χ0v) is 11.1. The van der Waals surface area contributed by atoms with Gasteiger partial charge in [-0.1, -0.05) is 18.6 Å². The first-order chi connectivity index (χ1) is 8.22. The summed E-state index contributed by atoms with van der Waals surface area (Å²) in [6.07, 6.45) is 5.32. The minimum Gasteiger partial charge on any atom is -0.489 e. The van der Waals surface area contributed by atoms with Crippen molar-refractivity contribution in [3.63, 3.8) is 0 Å². The molecule has 0 heterocycles. The molecule has 1 aromatic carbocycles. The monoisotopic (exact) mass is 233 g/mol. The average molecular weight is 233 g/mol. The Labute approximate surface area is 104 Å². The fraction of sp³-hybridized carbons (Fsp3) is 0.600. The zero-order valence-electron chi connectivity index (χ0n) is 11.1. The van der Waals surface area contributed by atoms with E-state index in [9.17, 15) is 0 Å². The van der Waals surface area contributed by atoms with Crippen LogP contribution in [0.5, 0.6) is 5.75 Å². The molecule has 2 heteroatoms. The van der Waals surface area contributed by atoms with Crippen molar-refractivity contribution in [3.05, 3.63) is 29.3 Å². The minimum atomic E-state index is 0.328. The molecule has 0 bridgehead atoms. The predicted molar refractivity (Wildman–Crippen MR) is 71.6 cm³/mol. The maximum absolute atomic E-state index is 6.21. The van der Waals surface area contributed by atoms with E-state index in [0.29, 0.717) is 12.1 Å². The fourth-order valence-corrected chi connectivity index (χ4v) is 2.58. The van der Waals surface area contributed by atoms with Crippen LogP contribution in [0.3, 0.4) is 0 Å². The van der Waals surface area contributed by atoms with Crippen molar-refractivity contribution in [2.75, 3.05) is 7.05 Å². The summed E-state index contributed by atoms with van der Waals surface area (Å²) in [5, 5.41) is 3.38. The summed E-state index contributed by atoms with van der Waals surface area (Å²) >= 11 is 0. The van der Waals surface area contributed by atoms with Gasteiger partial charge in [-0.05, 0) is 57.4 Å². The van der Waals surface area contributed by atoms with Gasteiger partial charge in [0.1, 0.15) is 11.9 Å². The lowest BCUT2D eigenvalue weighted by atomic mass is 9.92. The maximum atomic E-state index is 6.21. The SMILES string of the molecule is CNC1CCCCC1Oc1cccc(C)c1C. The van der Waals surface area contributed by atoms with E-state index in [1.165, 1.54) is 36.8 Å². The van der Waals surface area contributed by atoms with Crippen LogP contribution in [0.15, 0.2) is 18.2 Å². The topological polar surface area (TPSA) is 21.3 Å². The third-order valence-corrected chi connectivity index (χ3v) is 3.91.